The van der Waals surface area contributed by atoms with Gasteiger partial charge in [-0.1, -0.05) is 36.8 Å². The van der Waals surface area contributed by atoms with E-state index in [1.807, 2.05) is 0 Å². The Hall–Kier alpha value is -1.06. The molecule has 0 atom stereocenters. The average molecular weight is 363 g/mol. The van der Waals surface area contributed by atoms with Gasteiger partial charge in [0.05, 0.1) is 5.41 Å². The lowest BCUT2D eigenvalue weighted by Crippen LogP contribution is -2.53. The van der Waals surface area contributed by atoms with Crippen LogP contribution in [0.25, 0.3) is 0 Å². The van der Waals surface area contributed by atoms with Crippen LogP contribution in [-0.2, 0) is 11.2 Å². The molecule has 1 N–H and O–H groups in total. The van der Waals surface area contributed by atoms with Gasteiger partial charge in [0, 0.05) is 19.1 Å². The third kappa shape index (κ3) is 4.38. The lowest BCUT2D eigenvalue weighted by Gasteiger charge is -2.45. The molecule has 1 aromatic carbocycles. The fourth-order valence-electron chi connectivity index (χ4n) is 4.33. The van der Waals surface area contributed by atoms with E-state index in [9.17, 15) is 4.79 Å². The van der Waals surface area contributed by atoms with Gasteiger partial charge in [0.2, 0.25) is 5.91 Å². The maximum absolute atomic E-state index is 13.2. The van der Waals surface area contributed by atoms with Crippen molar-refractivity contribution >= 4 is 18.3 Å². The van der Waals surface area contributed by atoms with Crippen molar-refractivity contribution in [1.29, 1.82) is 0 Å². The fraction of sp³-hybridized carbons (Fsp3) is 0.667. The highest BCUT2D eigenvalue weighted by Crippen LogP contribution is 2.45. The van der Waals surface area contributed by atoms with Crippen molar-refractivity contribution in [1.82, 2.24) is 10.2 Å². The SMILES string of the molecule is Cl.O=C(N1CCC(NCC2CC2)CC1)C1(Cc2ccccc2)CCC1. The molecular formula is C21H31ClN2O. The highest BCUT2D eigenvalue weighted by Gasteiger charge is 2.46. The van der Waals surface area contributed by atoms with E-state index in [2.05, 4.69) is 40.5 Å². The molecule has 1 aliphatic heterocycles. The smallest absolute Gasteiger partial charge is 0.229 e. The first-order chi connectivity index (χ1) is 11.8. The Morgan fingerprint density at radius 3 is 2.32 bits per heavy atom. The molecule has 138 valence electrons. The average Bonchev–Trinajstić information content (AvgIpc) is 3.41. The van der Waals surface area contributed by atoms with Crippen molar-refractivity contribution in [2.24, 2.45) is 11.3 Å². The first kappa shape index (κ1) is 18.7. The number of hydrogen-bond acceptors (Lipinski definition) is 2. The molecule has 3 aliphatic rings. The third-order valence-corrected chi connectivity index (χ3v) is 6.32. The summed E-state index contributed by atoms with van der Waals surface area (Å²) in [7, 11) is 0. The Morgan fingerprint density at radius 1 is 1.08 bits per heavy atom. The summed E-state index contributed by atoms with van der Waals surface area (Å²) in [5.41, 5.74) is 1.21. The minimum Gasteiger partial charge on any atom is -0.342 e. The largest absolute Gasteiger partial charge is 0.342 e. The van der Waals surface area contributed by atoms with E-state index in [1.165, 1.54) is 31.4 Å². The quantitative estimate of drug-likeness (QED) is 0.834. The molecule has 0 spiro atoms. The molecule has 1 aromatic rings. The second-order valence-corrected chi connectivity index (χ2v) is 8.21. The molecule has 0 radical (unpaired) electrons. The number of nitrogens with zero attached hydrogens (tertiary/aromatic N) is 1. The molecule has 4 rings (SSSR count). The van der Waals surface area contributed by atoms with Gasteiger partial charge in [-0.15, -0.1) is 12.4 Å². The van der Waals surface area contributed by atoms with Crippen LogP contribution in [0.1, 0.15) is 50.5 Å². The van der Waals surface area contributed by atoms with Gasteiger partial charge in [0.25, 0.3) is 0 Å². The molecule has 2 aliphatic carbocycles. The summed E-state index contributed by atoms with van der Waals surface area (Å²) in [5.74, 6) is 1.37. The Bertz CT molecular complexity index is 561. The Balaban J connectivity index is 0.00000182. The molecular weight excluding hydrogens is 332 g/mol. The summed E-state index contributed by atoms with van der Waals surface area (Å²) in [4.78, 5) is 15.4. The number of nitrogens with one attached hydrogen (secondary N) is 1. The highest BCUT2D eigenvalue weighted by atomic mass is 35.5. The van der Waals surface area contributed by atoms with E-state index < -0.39 is 0 Å². The van der Waals surface area contributed by atoms with Crippen LogP contribution < -0.4 is 5.32 Å². The molecule has 0 unspecified atom stereocenters. The first-order valence-electron chi connectivity index (χ1n) is 9.82. The zero-order chi connectivity index (χ0) is 16.4. The van der Waals surface area contributed by atoms with Crippen LogP contribution >= 0.6 is 12.4 Å². The lowest BCUT2D eigenvalue weighted by atomic mass is 9.64. The Morgan fingerprint density at radius 2 is 1.76 bits per heavy atom. The summed E-state index contributed by atoms with van der Waals surface area (Å²) in [6.07, 6.45) is 9.34. The number of halogens is 1. The summed E-state index contributed by atoms with van der Waals surface area (Å²) in [6.45, 7) is 3.08. The molecule has 3 fully saturated rings. The minimum atomic E-state index is -0.102. The summed E-state index contributed by atoms with van der Waals surface area (Å²) in [5, 5.41) is 3.71. The van der Waals surface area contributed by atoms with E-state index in [4.69, 9.17) is 0 Å². The minimum absolute atomic E-state index is 0. The predicted octanol–water partition coefficient (Wildman–Crippen LogP) is 3.81. The van der Waals surface area contributed by atoms with Gasteiger partial charge in [-0.2, -0.15) is 0 Å². The fourth-order valence-corrected chi connectivity index (χ4v) is 4.33. The topological polar surface area (TPSA) is 32.3 Å². The van der Waals surface area contributed by atoms with Crippen molar-refractivity contribution in [3.8, 4) is 0 Å². The van der Waals surface area contributed by atoms with E-state index in [-0.39, 0.29) is 17.8 Å². The number of likely N-dealkylation sites (tertiary alicyclic amines) is 1. The second kappa shape index (κ2) is 8.09. The maximum atomic E-state index is 13.2. The molecule has 3 nitrogen and oxygen atoms in total. The Labute approximate surface area is 158 Å². The molecule has 2 saturated carbocycles. The zero-order valence-corrected chi connectivity index (χ0v) is 15.9. The van der Waals surface area contributed by atoms with Crippen molar-refractivity contribution in [3.05, 3.63) is 35.9 Å². The van der Waals surface area contributed by atoms with E-state index in [0.717, 1.165) is 51.1 Å². The van der Waals surface area contributed by atoms with E-state index in [0.29, 0.717) is 11.9 Å². The van der Waals surface area contributed by atoms with Crippen LogP contribution in [0.2, 0.25) is 0 Å². The van der Waals surface area contributed by atoms with Crippen LogP contribution in [0.15, 0.2) is 30.3 Å². The number of carbonyl (C=O) groups excluding carboxylic acids is 1. The normalized spacial score (nSPS) is 22.8. The number of benzene rings is 1. The number of rotatable bonds is 6. The number of piperidine rings is 1. The molecule has 0 aromatic heterocycles. The summed E-state index contributed by atoms with van der Waals surface area (Å²) >= 11 is 0. The van der Waals surface area contributed by atoms with Gasteiger partial charge >= 0.3 is 0 Å². The van der Waals surface area contributed by atoms with Crippen molar-refractivity contribution < 1.29 is 4.79 Å². The molecule has 25 heavy (non-hydrogen) atoms. The van der Waals surface area contributed by atoms with E-state index >= 15 is 0 Å². The van der Waals surface area contributed by atoms with Crippen molar-refractivity contribution in [3.63, 3.8) is 0 Å². The van der Waals surface area contributed by atoms with Gasteiger partial charge in [-0.3, -0.25) is 4.79 Å². The maximum Gasteiger partial charge on any atom is 0.229 e. The zero-order valence-electron chi connectivity index (χ0n) is 15.1. The standard InChI is InChI=1S/C21H30N2O.ClH/c24-20(21(11-4-12-21)15-17-5-2-1-3-6-17)23-13-9-19(10-14-23)22-16-18-7-8-18;/h1-3,5-6,18-19,22H,4,7-16H2;1H. The molecule has 4 heteroatoms. The van der Waals surface area contributed by atoms with E-state index in [1.54, 1.807) is 0 Å². The van der Waals surface area contributed by atoms with Gasteiger partial charge in [-0.25, -0.2) is 0 Å². The van der Waals surface area contributed by atoms with Gasteiger partial charge < -0.3 is 10.2 Å². The number of carbonyl (C=O) groups is 1. The van der Waals surface area contributed by atoms with Crippen LogP contribution in [0.3, 0.4) is 0 Å². The van der Waals surface area contributed by atoms with Crippen LogP contribution in [0.5, 0.6) is 0 Å². The van der Waals surface area contributed by atoms with Crippen molar-refractivity contribution in [2.75, 3.05) is 19.6 Å². The molecule has 1 heterocycles. The molecule has 1 amide bonds. The number of hydrogen-bond donors (Lipinski definition) is 1. The van der Waals surface area contributed by atoms with Crippen molar-refractivity contribution in [2.45, 2.75) is 57.4 Å². The van der Waals surface area contributed by atoms with Gasteiger partial charge in [0.1, 0.15) is 0 Å². The summed E-state index contributed by atoms with van der Waals surface area (Å²) < 4.78 is 0. The van der Waals surface area contributed by atoms with Crippen LogP contribution in [0.4, 0.5) is 0 Å². The monoisotopic (exact) mass is 362 g/mol. The van der Waals surface area contributed by atoms with Crippen LogP contribution in [0, 0.1) is 11.3 Å². The Kier molecular flexibility index (Phi) is 6.06. The number of amides is 1. The first-order valence-corrected chi connectivity index (χ1v) is 9.82. The van der Waals surface area contributed by atoms with Gasteiger partial charge in [0.15, 0.2) is 0 Å². The third-order valence-electron chi connectivity index (χ3n) is 6.32. The lowest BCUT2D eigenvalue weighted by molar-refractivity contribution is -0.148. The molecule has 1 saturated heterocycles. The second-order valence-electron chi connectivity index (χ2n) is 8.21. The predicted molar refractivity (Wildman–Crippen MR) is 104 cm³/mol. The van der Waals surface area contributed by atoms with Gasteiger partial charge in [-0.05, 0) is 63.0 Å². The highest BCUT2D eigenvalue weighted by molar-refractivity contribution is 5.85. The van der Waals surface area contributed by atoms with Crippen LogP contribution in [-0.4, -0.2) is 36.5 Å². The molecule has 0 bridgehead atoms. The summed E-state index contributed by atoms with van der Waals surface area (Å²) in [6, 6.07) is 11.2.